The molecule has 0 aromatic carbocycles. The summed E-state index contributed by atoms with van der Waals surface area (Å²) >= 11 is 1.72. The summed E-state index contributed by atoms with van der Waals surface area (Å²) in [4.78, 5) is 15.9. The fourth-order valence-electron chi connectivity index (χ4n) is 2.41. The quantitative estimate of drug-likeness (QED) is 0.903. The van der Waals surface area contributed by atoms with E-state index in [2.05, 4.69) is 39.8 Å². The van der Waals surface area contributed by atoms with Gasteiger partial charge in [0, 0.05) is 31.1 Å². The lowest BCUT2D eigenvalue weighted by molar-refractivity contribution is 0.312. The van der Waals surface area contributed by atoms with E-state index >= 15 is 0 Å². The van der Waals surface area contributed by atoms with Crippen molar-refractivity contribution in [1.29, 1.82) is 0 Å². The average molecular weight is 277 g/mol. The summed E-state index contributed by atoms with van der Waals surface area (Å²) in [7, 11) is 2.15. The largest absolute Gasteiger partial charge is 0.368 e. The van der Waals surface area contributed by atoms with E-state index in [1.165, 1.54) is 4.88 Å². The summed E-state index contributed by atoms with van der Waals surface area (Å²) in [5.74, 6) is 1.39. The molecule has 5 nitrogen and oxygen atoms in total. The van der Waals surface area contributed by atoms with Crippen LogP contribution in [0.3, 0.4) is 0 Å². The van der Waals surface area contributed by atoms with E-state index in [0.29, 0.717) is 5.95 Å². The molecule has 2 aromatic rings. The van der Waals surface area contributed by atoms with Crippen molar-refractivity contribution in [2.24, 2.45) is 0 Å². The summed E-state index contributed by atoms with van der Waals surface area (Å²) in [6.07, 6.45) is 1.03. The third kappa shape index (κ3) is 2.37. The van der Waals surface area contributed by atoms with E-state index in [0.717, 1.165) is 48.6 Å². The van der Waals surface area contributed by atoms with E-state index in [-0.39, 0.29) is 0 Å². The summed E-state index contributed by atoms with van der Waals surface area (Å²) in [5.41, 5.74) is 5.86. The van der Waals surface area contributed by atoms with Gasteiger partial charge in [-0.15, -0.1) is 11.3 Å². The lowest BCUT2D eigenvalue weighted by Crippen LogP contribution is -2.44. The second kappa shape index (κ2) is 4.94. The predicted molar refractivity (Wildman–Crippen MR) is 80.9 cm³/mol. The third-order valence-electron chi connectivity index (χ3n) is 3.59. The molecular weight excluding hydrogens is 258 g/mol. The minimum Gasteiger partial charge on any atom is -0.368 e. The van der Waals surface area contributed by atoms with Crippen molar-refractivity contribution in [2.75, 3.05) is 43.9 Å². The van der Waals surface area contributed by atoms with Gasteiger partial charge in [-0.25, -0.2) is 4.98 Å². The highest BCUT2D eigenvalue weighted by atomic mass is 32.1. The van der Waals surface area contributed by atoms with Crippen LogP contribution in [-0.2, 0) is 6.42 Å². The maximum atomic E-state index is 5.86. The lowest BCUT2D eigenvalue weighted by Gasteiger charge is -2.33. The molecule has 0 spiro atoms. The molecule has 6 heteroatoms. The molecular formula is C13H19N5S. The maximum absolute atomic E-state index is 5.86. The van der Waals surface area contributed by atoms with Crippen molar-refractivity contribution in [3.05, 3.63) is 10.9 Å². The topological polar surface area (TPSA) is 58.3 Å². The second-order valence-electron chi connectivity index (χ2n) is 4.98. The predicted octanol–water partition coefficient (Wildman–Crippen LogP) is 1.59. The molecule has 0 atom stereocenters. The first-order chi connectivity index (χ1) is 9.17. The van der Waals surface area contributed by atoms with Crippen LogP contribution in [0.1, 0.15) is 11.8 Å². The van der Waals surface area contributed by atoms with Gasteiger partial charge in [0.15, 0.2) is 0 Å². The Balaban J connectivity index is 2.03. The SMILES string of the molecule is CCc1cc2c(N3CCN(C)CC3)nc(N)nc2s1. The van der Waals surface area contributed by atoms with Crippen LogP contribution in [0.25, 0.3) is 10.2 Å². The van der Waals surface area contributed by atoms with Gasteiger partial charge in [0.05, 0.1) is 5.39 Å². The number of rotatable bonds is 2. The third-order valence-corrected chi connectivity index (χ3v) is 4.77. The van der Waals surface area contributed by atoms with Crippen LogP contribution in [0.4, 0.5) is 11.8 Å². The van der Waals surface area contributed by atoms with Gasteiger partial charge in [-0.3, -0.25) is 0 Å². The Morgan fingerprint density at radius 1 is 1.26 bits per heavy atom. The number of aromatic nitrogens is 2. The summed E-state index contributed by atoms with van der Waals surface area (Å²) < 4.78 is 0. The van der Waals surface area contributed by atoms with Crippen LogP contribution in [0.15, 0.2) is 6.07 Å². The number of hydrogen-bond acceptors (Lipinski definition) is 6. The number of nitrogens with zero attached hydrogens (tertiary/aromatic N) is 4. The van der Waals surface area contributed by atoms with Crippen molar-refractivity contribution in [1.82, 2.24) is 14.9 Å². The van der Waals surface area contributed by atoms with Gasteiger partial charge < -0.3 is 15.5 Å². The zero-order valence-corrected chi connectivity index (χ0v) is 12.2. The Kier molecular flexibility index (Phi) is 3.28. The van der Waals surface area contributed by atoms with Gasteiger partial charge in [0.1, 0.15) is 10.6 Å². The number of anilines is 2. The van der Waals surface area contributed by atoms with Gasteiger partial charge in [-0.2, -0.15) is 4.98 Å². The van der Waals surface area contributed by atoms with Crippen LogP contribution in [0.2, 0.25) is 0 Å². The molecule has 2 aromatic heterocycles. The van der Waals surface area contributed by atoms with Crippen LogP contribution >= 0.6 is 11.3 Å². The first kappa shape index (κ1) is 12.6. The summed E-state index contributed by atoms with van der Waals surface area (Å²) in [6.45, 7) is 6.29. The molecule has 0 bridgehead atoms. The molecule has 0 saturated carbocycles. The van der Waals surface area contributed by atoms with Crippen LogP contribution < -0.4 is 10.6 Å². The fraction of sp³-hybridized carbons (Fsp3) is 0.538. The molecule has 1 fully saturated rings. The van der Waals surface area contributed by atoms with E-state index in [1.807, 2.05) is 0 Å². The molecule has 19 heavy (non-hydrogen) atoms. The van der Waals surface area contributed by atoms with Gasteiger partial charge in [0.25, 0.3) is 0 Å². The molecule has 1 aliphatic heterocycles. The molecule has 3 rings (SSSR count). The molecule has 0 radical (unpaired) electrons. The fourth-order valence-corrected chi connectivity index (χ4v) is 3.37. The smallest absolute Gasteiger partial charge is 0.223 e. The Bertz CT molecular complexity index is 586. The standard InChI is InChI=1S/C13H19N5S/c1-3-9-8-10-11(15-13(14)16-12(10)19-9)18-6-4-17(2)5-7-18/h8H,3-7H2,1-2H3,(H2,14,15,16). The monoisotopic (exact) mass is 277 g/mol. The number of thiophene rings is 1. The highest BCUT2D eigenvalue weighted by Gasteiger charge is 2.19. The Hall–Kier alpha value is -1.40. The van der Waals surface area contributed by atoms with Crippen molar-refractivity contribution >= 4 is 33.3 Å². The number of piperazine rings is 1. The number of fused-ring (bicyclic) bond motifs is 1. The number of hydrogen-bond donors (Lipinski definition) is 1. The lowest BCUT2D eigenvalue weighted by atomic mass is 10.2. The summed E-state index contributed by atoms with van der Waals surface area (Å²) in [5, 5.41) is 1.15. The molecule has 2 N–H and O–H groups in total. The van der Waals surface area contributed by atoms with Crippen molar-refractivity contribution < 1.29 is 0 Å². The molecule has 1 saturated heterocycles. The summed E-state index contributed by atoms with van der Waals surface area (Å²) in [6, 6.07) is 2.22. The molecule has 0 unspecified atom stereocenters. The number of nitrogens with two attached hydrogens (primary N) is 1. The van der Waals surface area contributed by atoms with Gasteiger partial charge in [0.2, 0.25) is 5.95 Å². The van der Waals surface area contributed by atoms with Crippen LogP contribution in [-0.4, -0.2) is 48.1 Å². The van der Waals surface area contributed by atoms with Gasteiger partial charge in [-0.05, 0) is 19.5 Å². The minimum atomic E-state index is 0.380. The van der Waals surface area contributed by atoms with E-state index in [9.17, 15) is 0 Å². The maximum Gasteiger partial charge on any atom is 0.223 e. The van der Waals surface area contributed by atoms with E-state index in [4.69, 9.17) is 5.73 Å². The normalized spacial score (nSPS) is 17.3. The van der Waals surface area contributed by atoms with Crippen molar-refractivity contribution in [3.63, 3.8) is 0 Å². The second-order valence-corrected chi connectivity index (χ2v) is 6.10. The molecule has 1 aliphatic rings. The van der Waals surface area contributed by atoms with Crippen molar-refractivity contribution in [3.8, 4) is 0 Å². The zero-order chi connectivity index (χ0) is 13.4. The van der Waals surface area contributed by atoms with E-state index in [1.54, 1.807) is 11.3 Å². The molecule has 0 amide bonds. The average Bonchev–Trinajstić information content (AvgIpc) is 2.81. The van der Waals surface area contributed by atoms with Gasteiger partial charge in [-0.1, -0.05) is 6.92 Å². The van der Waals surface area contributed by atoms with Crippen LogP contribution in [0, 0.1) is 0 Å². The molecule has 3 heterocycles. The van der Waals surface area contributed by atoms with Crippen molar-refractivity contribution in [2.45, 2.75) is 13.3 Å². The first-order valence-electron chi connectivity index (χ1n) is 6.67. The number of aryl methyl sites for hydroxylation is 1. The zero-order valence-electron chi connectivity index (χ0n) is 11.4. The molecule has 0 aliphatic carbocycles. The Labute approximate surface area is 117 Å². The highest BCUT2D eigenvalue weighted by molar-refractivity contribution is 7.18. The van der Waals surface area contributed by atoms with Crippen LogP contribution in [0.5, 0.6) is 0 Å². The van der Waals surface area contributed by atoms with Gasteiger partial charge >= 0.3 is 0 Å². The molecule has 102 valence electrons. The minimum absolute atomic E-state index is 0.380. The Morgan fingerprint density at radius 2 is 2.00 bits per heavy atom. The number of nitrogen functional groups attached to an aromatic ring is 1. The Morgan fingerprint density at radius 3 is 2.68 bits per heavy atom. The van der Waals surface area contributed by atoms with E-state index < -0.39 is 0 Å². The highest BCUT2D eigenvalue weighted by Crippen LogP contribution is 2.32. The number of likely N-dealkylation sites (N-methyl/N-ethyl adjacent to an activating group) is 1. The first-order valence-corrected chi connectivity index (χ1v) is 7.48.